The van der Waals surface area contributed by atoms with Crippen molar-refractivity contribution in [2.24, 2.45) is 0 Å². The number of nitro groups is 1. The van der Waals surface area contributed by atoms with Crippen LogP contribution in [0.15, 0.2) is 87.4 Å². The molecule has 202 valence electrons. The van der Waals surface area contributed by atoms with Gasteiger partial charge in [-0.25, -0.2) is 9.78 Å². The van der Waals surface area contributed by atoms with Crippen LogP contribution in [0.2, 0.25) is 5.02 Å². The third-order valence-electron chi connectivity index (χ3n) is 5.75. The molecule has 0 aliphatic rings. The molecule has 2 aromatic heterocycles. The Kier molecular flexibility index (Phi) is 7.87. The molecule has 0 aliphatic heterocycles. The van der Waals surface area contributed by atoms with Gasteiger partial charge in [-0.2, -0.15) is 5.26 Å². The van der Waals surface area contributed by atoms with E-state index in [9.17, 15) is 25.0 Å². The fourth-order valence-electron chi connectivity index (χ4n) is 3.85. The zero-order valence-electron chi connectivity index (χ0n) is 20.9. The molecule has 12 heteroatoms. The van der Waals surface area contributed by atoms with Crippen molar-refractivity contribution in [3.63, 3.8) is 0 Å². The topological polar surface area (TPSA) is 148 Å². The van der Waals surface area contributed by atoms with E-state index in [1.54, 1.807) is 53.9 Å². The summed E-state index contributed by atoms with van der Waals surface area (Å²) in [6.45, 7) is -0.376. The van der Waals surface area contributed by atoms with Crippen LogP contribution in [0.5, 0.6) is 5.75 Å². The number of anilines is 1. The molecular weight excluding hydrogens is 568 g/mol. The molecule has 0 saturated carbocycles. The van der Waals surface area contributed by atoms with Gasteiger partial charge < -0.3 is 14.5 Å². The van der Waals surface area contributed by atoms with E-state index in [2.05, 4.69) is 10.3 Å². The van der Waals surface area contributed by atoms with Crippen molar-refractivity contribution in [2.45, 2.75) is 0 Å². The first kappa shape index (κ1) is 27.3. The smallest absolute Gasteiger partial charge is 0.345 e. The fourth-order valence-corrected chi connectivity index (χ4v) is 4.81. The molecule has 0 atom stereocenters. The Balaban J connectivity index is 1.45. The van der Waals surface area contributed by atoms with E-state index in [0.717, 1.165) is 11.3 Å². The second kappa shape index (κ2) is 11.8. The number of nitrogens with one attached hydrogen (secondary N) is 1. The lowest BCUT2D eigenvalue weighted by atomic mass is 10.1. The first-order chi connectivity index (χ1) is 19.8. The summed E-state index contributed by atoms with van der Waals surface area (Å²) in [5, 5.41) is 27.0. The zero-order chi connectivity index (χ0) is 28.9. The Morgan fingerprint density at radius 3 is 2.73 bits per heavy atom. The standard InChI is InChI=1S/C29H17ClN4O6S/c30-20-6-8-26-18(11-20)13-23(29(36)40-26)24-16-41-28(33-24)19(14-31)10-17-12-22(34(37)38)7-9-25(17)39-15-27(35)32-21-4-2-1-3-5-21/h1-13,16H,15H2,(H,32,35)/b19-10+. The van der Waals surface area contributed by atoms with Gasteiger partial charge in [0, 0.05) is 39.2 Å². The highest BCUT2D eigenvalue weighted by atomic mass is 35.5. The fraction of sp³-hybridized carbons (Fsp3) is 0.0345. The number of hydrogen-bond acceptors (Lipinski definition) is 9. The van der Waals surface area contributed by atoms with E-state index in [4.69, 9.17) is 20.8 Å². The van der Waals surface area contributed by atoms with Gasteiger partial charge in [0.25, 0.3) is 11.6 Å². The lowest BCUT2D eigenvalue weighted by Crippen LogP contribution is -2.20. The molecule has 0 radical (unpaired) electrons. The summed E-state index contributed by atoms with van der Waals surface area (Å²) in [7, 11) is 0. The Morgan fingerprint density at radius 1 is 1.17 bits per heavy atom. The number of thiazole rings is 1. The van der Waals surface area contributed by atoms with Gasteiger partial charge in [-0.15, -0.1) is 11.3 Å². The summed E-state index contributed by atoms with van der Waals surface area (Å²) >= 11 is 7.17. The van der Waals surface area contributed by atoms with Crippen molar-refractivity contribution >= 4 is 62.8 Å². The van der Waals surface area contributed by atoms with E-state index in [-0.39, 0.29) is 45.4 Å². The summed E-state index contributed by atoms with van der Waals surface area (Å²) in [5.41, 5.74) is 0.836. The number of carbonyl (C=O) groups excluding carboxylic acids is 1. The molecule has 1 amide bonds. The number of nitro benzene ring substituents is 1. The third-order valence-corrected chi connectivity index (χ3v) is 6.86. The van der Waals surface area contributed by atoms with Crippen molar-refractivity contribution in [1.29, 1.82) is 5.26 Å². The lowest BCUT2D eigenvalue weighted by molar-refractivity contribution is -0.384. The lowest BCUT2D eigenvalue weighted by Gasteiger charge is -2.10. The van der Waals surface area contributed by atoms with E-state index >= 15 is 0 Å². The summed E-state index contributed by atoms with van der Waals surface area (Å²) < 4.78 is 11.0. The maximum atomic E-state index is 12.6. The molecule has 0 bridgehead atoms. The van der Waals surface area contributed by atoms with Crippen LogP contribution in [0.25, 0.3) is 33.9 Å². The van der Waals surface area contributed by atoms with E-state index < -0.39 is 16.5 Å². The highest BCUT2D eigenvalue weighted by Gasteiger charge is 2.17. The SMILES string of the molecule is N#C/C(=C\c1cc([N+](=O)[O-])ccc1OCC(=O)Nc1ccccc1)c1nc(-c2cc3cc(Cl)ccc3oc2=O)cs1. The molecule has 0 aliphatic carbocycles. The number of ether oxygens (including phenoxy) is 1. The van der Waals surface area contributed by atoms with Crippen molar-refractivity contribution < 1.29 is 18.9 Å². The van der Waals surface area contributed by atoms with Gasteiger partial charge in [-0.1, -0.05) is 29.8 Å². The van der Waals surface area contributed by atoms with Crippen LogP contribution in [-0.4, -0.2) is 22.4 Å². The van der Waals surface area contributed by atoms with Crippen LogP contribution in [0, 0.1) is 21.4 Å². The minimum atomic E-state index is -0.609. The number of rotatable bonds is 8. The molecule has 3 aromatic carbocycles. The number of nitrogens with zero attached hydrogens (tertiary/aromatic N) is 3. The Hall–Kier alpha value is -5.31. The van der Waals surface area contributed by atoms with Crippen molar-refractivity contribution in [2.75, 3.05) is 11.9 Å². The maximum absolute atomic E-state index is 12.6. The summed E-state index contributed by atoms with van der Waals surface area (Å²) in [6.07, 6.45) is 1.38. The number of non-ortho nitro benzene ring substituents is 1. The number of allylic oxidation sites excluding steroid dienone is 1. The number of fused-ring (bicyclic) bond motifs is 1. The second-order valence-corrected chi connectivity index (χ2v) is 9.81. The molecule has 0 spiro atoms. The van der Waals surface area contributed by atoms with Crippen molar-refractivity contribution in [1.82, 2.24) is 4.98 Å². The van der Waals surface area contributed by atoms with E-state index in [1.165, 1.54) is 24.3 Å². The number of halogens is 1. The minimum absolute atomic E-state index is 0.0635. The number of nitriles is 1. The molecule has 10 nitrogen and oxygen atoms in total. The molecule has 0 unspecified atom stereocenters. The highest BCUT2D eigenvalue weighted by Crippen LogP contribution is 2.31. The molecular formula is C29H17ClN4O6S. The molecule has 2 heterocycles. The van der Waals surface area contributed by atoms with Gasteiger partial charge >= 0.3 is 5.63 Å². The molecule has 0 saturated heterocycles. The van der Waals surface area contributed by atoms with Crippen LogP contribution >= 0.6 is 22.9 Å². The number of amides is 1. The molecule has 0 fully saturated rings. The summed E-state index contributed by atoms with van der Waals surface area (Å²) in [5.74, 6) is -0.291. The monoisotopic (exact) mass is 584 g/mol. The molecule has 1 N–H and O–H groups in total. The maximum Gasteiger partial charge on any atom is 0.345 e. The zero-order valence-corrected chi connectivity index (χ0v) is 22.4. The van der Waals surface area contributed by atoms with Crippen LogP contribution in [0.3, 0.4) is 0 Å². The van der Waals surface area contributed by atoms with Crippen LogP contribution in [0.4, 0.5) is 11.4 Å². The minimum Gasteiger partial charge on any atom is -0.483 e. The van der Waals surface area contributed by atoms with Gasteiger partial charge in [0.1, 0.15) is 22.4 Å². The van der Waals surface area contributed by atoms with Crippen LogP contribution < -0.4 is 15.7 Å². The number of carbonyl (C=O) groups is 1. The highest BCUT2D eigenvalue weighted by molar-refractivity contribution is 7.11. The average molecular weight is 585 g/mol. The Labute approximate surface area is 240 Å². The van der Waals surface area contributed by atoms with Gasteiger partial charge in [0.15, 0.2) is 6.61 Å². The largest absolute Gasteiger partial charge is 0.483 e. The second-order valence-electron chi connectivity index (χ2n) is 8.52. The van der Waals surface area contributed by atoms with Gasteiger partial charge in [0.2, 0.25) is 0 Å². The van der Waals surface area contributed by atoms with Crippen molar-refractivity contribution in [3.05, 3.63) is 114 Å². The quantitative estimate of drug-likeness (QED) is 0.0932. The number of para-hydroxylation sites is 1. The van der Waals surface area contributed by atoms with Crippen molar-refractivity contribution in [3.8, 4) is 23.1 Å². The van der Waals surface area contributed by atoms with Gasteiger partial charge in [-0.05, 0) is 48.5 Å². The summed E-state index contributed by atoms with van der Waals surface area (Å²) in [4.78, 5) is 40.3. The number of hydrogen-bond donors (Lipinski definition) is 1. The average Bonchev–Trinajstić information content (AvgIpc) is 3.45. The number of aromatic nitrogens is 1. The molecule has 5 rings (SSSR count). The van der Waals surface area contributed by atoms with Gasteiger partial charge in [-0.3, -0.25) is 14.9 Å². The first-order valence-electron chi connectivity index (χ1n) is 11.9. The van der Waals surface area contributed by atoms with Crippen LogP contribution in [0.1, 0.15) is 10.6 Å². The third kappa shape index (κ3) is 6.30. The number of benzene rings is 3. The van der Waals surface area contributed by atoms with E-state index in [0.29, 0.717) is 21.7 Å². The van der Waals surface area contributed by atoms with Gasteiger partial charge in [0.05, 0.1) is 21.8 Å². The Bertz CT molecular complexity index is 1930. The first-order valence-corrected chi connectivity index (χ1v) is 13.1. The Morgan fingerprint density at radius 2 is 1.98 bits per heavy atom. The predicted octanol–water partition coefficient (Wildman–Crippen LogP) is 6.56. The predicted molar refractivity (Wildman–Crippen MR) is 156 cm³/mol. The molecule has 41 heavy (non-hydrogen) atoms. The molecule has 5 aromatic rings. The van der Waals surface area contributed by atoms with E-state index in [1.807, 2.05) is 12.1 Å². The van der Waals surface area contributed by atoms with Crippen LogP contribution in [-0.2, 0) is 4.79 Å². The normalized spacial score (nSPS) is 11.2. The summed E-state index contributed by atoms with van der Waals surface area (Å²) in [6, 6.07) is 21.1.